The molecule has 1 aliphatic rings. The standard InChI is InChI=1S/C16H19BrF2O2/c1-21-16(8-4-2-3-5-9-16)14(20)10-11-13(18)7-6-12(17)15(11)19/h6-7H,2-5,8-10H2,1H3. The molecular weight excluding hydrogens is 342 g/mol. The fourth-order valence-electron chi connectivity index (χ4n) is 2.95. The number of hydrogen-bond donors (Lipinski definition) is 0. The minimum Gasteiger partial charge on any atom is -0.370 e. The van der Waals surface area contributed by atoms with Crippen LogP contribution < -0.4 is 0 Å². The van der Waals surface area contributed by atoms with E-state index in [0.717, 1.165) is 25.7 Å². The number of rotatable bonds is 4. The van der Waals surface area contributed by atoms with Crippen molar-refractivity contribution in [3.05, 3.63) is 33.8 Å². The number of carbonyl (C=O) groups excluding carboxylic acids is 1. The minimum atomic E-state index is -0.891. The van der Waals surface area contributed by atoms with Crippen molar-refractivity contribution in [1.82, 2.24) is 0 Å². The Labute approximate surface area is 132 Å². The van der Waals surface area contributed by atoms with E-state index >= 15 is 0 Å². The summed E-state index contributed by atoms with van der Waals surface area (Å²) < 4.78 is 33.5. The Hall–Kier alpha value is -0.810. The third kappa shape index (κ3) is 3.51. The monoisotopic (exact) mass is 360 g/mol. The summed E-state index contributed by atoms with van der Waals surface area (Å²) in [7, 11) is 1.51. The second-order valence-electron chi connectivity index (χ2n) is 5.53. The molecule has 2 nitrogen and oxygen atoms in total. The molecule has 5 heteroatoms. The molecule has 1 aromatic rings. The van der Waals surface area contributed by atoms with Crippen LogP contribution in [0.3, 0.4) is 0 Å². The van der Waals surface area contributed by atoms with Gasteiger partial charge in [0, 0.05) is 19.1 Å². The lowest BCUT2D eigenvalue weighted by Crippen LogP contribution is -2.41. The van der Waals surface area contributed by atoms with Gasteiger partial charge in [-0.3, -0.25) is 4.79 Å². The van der Waals surface area contributed by atoms with Gasteiger partial charge in [0.1, 0.15) is 17.2 Å². The number of Topliss-reactive ketones (excluding diaryl/α,β-unsaturated/α-hetero) is 1. The van der Waals surface area contributed by atoms with Crippen molar-refractivity contribution in [2.45, 2.75) is 50.5 Å². The highest BCUT2D eigenvalue weighted by atomic mass is 79.9. The summed E-state index contributed by atoms with van der Waals surface area (Å²) in [5.74, 6) is -1.63. The zero-order chi connectivity index (χ0) is 15.5. The van der Waals surface area contributed by atoms with Crippen LogP contribution in [0.2, 0.25) is 0 Å². The summed E-state index contributed by atoms with van der Waals surface area (Å²) in [4.78, 5) is 12.6. The average Bonchev–Trinajstić information content (AvgIpc) is 2.74. The summed E-state index contributed by atoms with van der Waals surface area (Å²) >= 11 is 3.02. The number of ether oxygens (including phenoxy) is 1. The van der Waals surface area contributed by atoms with Gasteiger partial charge in [0.25, 0.3) is 0 Å². The van der Waals surface area contributed by atoms with Crippen LogP contribution >= 0.6 is 15.9 Å². The van der Waals surface area contributed by atoms with E-state index in [-0.39, 0.29) is 22.2 Å². The van der Waals surface area contributed by atoms with Gasteiger partial charge in [-0.25, -0.2) is 8.78 Å². The van der Waals surface area contributed by atoms with E-state index < -0.39 is 17.2 Å². The molecule has 0 amide bonds. The van der Waals surface area contributed by atoms with E-state index in [4.69, 9.17) is 4.74 Å². The van der Waals surface area contributed by atoms with Crippen LogP contribution in [0.15, 0.2) is 16.6 Å². The third-order valence-electron chi connectivity index (χ3n) is 4.29. The Bertz CT molecular complexity index is 523. The van der Waals surface area contributed by atoms with Crippen molar-refractivity contribution in [2.24, 2.45) is 0 Å². The number of carbonyl (C=O) groups is 1. The highest BCUT2D eigenvalue weighted by Gasteiger charge is 2.38. The van der Waals surface area contributed by atoms with Gasteiger partial charge in [-0.15, -0.1) is 0 Å². The number of methoxy groups -OCH3 is 1. The van der Waals surface area contributed by atoms with Gasteiger partial charge < -0.3 is 4.74 Å². The quantitative estimate of drug-likeness (QED) is 0.580. The van der Waals surface area contributed by atoms with Crippen molar-refractivity contribution in [3.8, 4) is 0 Å². The lowest BCUT2D eigenvalue weighted by molar-refractivity contribution is -0.142. The summed E-state index contributed by atoms with van der Waals surface area (Å²) in [6.45, 7) is 0. The molecule has 1 saturated carbocycles. The zero-order valence-corrected chi connectivity index (χ0v) is 13.6. The first kappa shape index (κ1) is 16.6. The van der Waals surface area contributed by atoms with Gasteiger partial charge in [0.2, 0.25) is 0 Å². The van der Waals surface area contributed by atoms with Gasteiger partial charge in [-0.05, 0) is 40.9 Å². The number of benzene rings is 1. The maximum absolute atomic E-state index is 14.0. The topological polar surface area (TPSA) is 26.3 Å². The van der Waals surface area contributed by atoms with Crippen LogP contribution in [-0.4, -0.2) is 18.5 Å². The molecule has 0 aromatic heterocycles. The number of halogens is 3. The molecule has 1 aliphatic carbocycles. The van der Waals surface area contributed by atoms with Crippen molar-refractivity contribution >= 4 is 21.7 Å². The average molecular weight is 361 g/mol. The van der Waals surface area contributed by atoms with Gasteiger partial charge in [0.15, 0.2) is 5.78 Å². The summed E-state index contributed by atoms with van der Waals surface area (Å²) in [6, 6.07) is 2.47. The van der Waals surface area contributed by atoms with Crippen LogP contribution in [-0.2, 0) is 16.0 Å². The molecule has 0 radical (unpaired) electrons. The molecule has 1 aromatic carbocycles. The third-order valence-corrected chi connectivity index (χ3v) is 4.90. The molecule has 0 spiro atoms. The maximum atomic E-state index is 14.0. The molecule has 21 heavy (non-hydrogen) atoms. The normalized spacial score (nSPS) is 18.3. The van der Waals surface area contributed by atoms with Crippen LogP contribution in [0.4, 0.5) is 8.78 Å². The summed E-state index contributed by atoms with van der Waals surface area (Å²) in [6.07, 6.45) is 4.92. The molecule has 2 rings (SSSR count). The highest BCUT2D eigenvalue weighted by Crippen LogP contribution is 2.33. The molecule has 0 atom stereocenters. The Balaban J connectivity index is 2.25. The maximum Gasteiger partial charge on any atom is 0.169 e. The molecule has 1 fully saturated rings. The number of ketones is 1. The number of hydrogen-bond acceptors (Lipinski definition) is 2. The SMILES string of the molecule is COC1(C(=O)Cc2c(F)ccc(Br)c2F)CCCCCC1. The Morgan fingerprint density at radius 3 is 2.43 bits per heavy atom. The molecule has 116 valence electrons. The van der Waals surface area contributed by atoms with Crippen LogP contribution in [0.1, 0.15) is 44.1 Å². The fourth-order valence-corrected chi connectivity index (χ4v) is 3.32. The minimum absolute atomic E-state index is 0.166. The first-order valence-electron chi connectivity index (χ1n) is 7.21. The molecule has 0 saturated heterocycles. The smallest absolute Gasteiger partial charge is 0.169 e. The lowest BCUT2D eigenvalue weighted by Gasteiger charge is -2.30. The van der Waals surface area contributed by atoms with Gasteiger partial charge in [0.05, 0.1) is 4.47 Å². The molecular formula is C16H19BrF2O2. The van der Waals surface area contributed by atoms with E-state index in [1.807, 2.05) is 0 Å². The Morgan fingerprint density at radius 2 is 1.86 bits per heavy atom. The van der Waals surface area contributed by atoms with Gasteiger partial charge in [-0.2, -0.15) is 0 Å². The van der Waals surface area contributed by atoms with Crippen LogP contribution in [0, 0.1) is 11.6 Å². The lowest BCUT2D eigenvalue weighted by atomic mass is 9.86. The predicted molar refractivity (Wildman–Crippen MR) is 80.2 cm³/mol. The fraction of sp³-hybridized carbons (Fsp3) is 0.562. The molecule has 0 aliphatic heterocycles. The second-order valence-corrected chi connectivity index (χ2v) is 6.39. The summed E-state index contributed by atoms with van der Waals surface area (Å²) in [5, 5.41) is 0. The zero-order valence-electron chi connectivity index (χ0n) is 12.1. The van der Waals surface area contributed by atoms with Gasteiger partial charge >= 0.3 is 0 Å². The van der Waals surface area contributed by atoms with Crippen molar-refractivity contribution < 1.29 is 18.3 Å². The first-order chi connectivity index (χ1) is 10.00. The molecule has 0 heterocycles. The van der Waals surface area contributed by atoms with E-state index in [9.17, 15) is 13.6 Å². The van der Waals surface area contributed by atoms with E-state index in [1.165, 1.54) is 19.2 Å². The van der Waals surface area contributed by atoms with E-state index in [0.29, 0.717) is 12.8 Å². The molecule has 0 bridgehead atoms. The highest BCUT2D eigenvalue weighted by molar-refractivity contribution is 9.10. The largest absolute Gasteiger partial charge is 0.370 e. The second kappa shape index (κ2) is 6.97. The molecule has 0 N–H and O–H groups in total. The van der Waals surface area contributed by atoms with Crippen molar-refractivity contribution in [2.75, 3.05) is 7.11 Å². The van der Waals surface area contributed by atoms with Crippen LogP contribution in [0.25, 0.3) is 0 Å². The first-order valence-corrected chi connectivity index (χ1v) is 8.00. The van der Waals surface area contributed by atoms with Gasteiger partial charge in [-0.1, -0.05) is 25.7 Å². The molecule has 0 unspecified atom stereocenters. The Morgan fingerprint density at radius 1 is 1.24 bits per heavy atom. The Kier molecular flexibility index (Phi) is 5.49. The van der Waals surface area contributed by atoms with Crippen LogP contribution in [0.5, 0.6) is 0 Å². The van der Waals surface area contributed by atoms with Crippen molar-refractivity contribution in [1.29, 1.82) is 0 Å². The predicted octanol–water partition coefficient (Wildman–Crippen LogP) is 4.58. The van der Waals surface area contributed by atoms with E-state index in [1.54, 1.807) is 0 Å². The summed E-state index contributed by atoms with van der Waals surface area (Å²) in [5.41, 5.74) is -1.08. The van der Waals surface area contributed by atoms with Crippen molar-refractivity contribution in [3.63, 3.8) is 0 Å². The van der Waals surface area contributed by atoms with E-state index in [2.05, 4.69) is 15.9 Å².